The van der Waals surface area contributed by atoms with E-state index in [0.29, 0.717) is 35.7 Å². The number of benzene rings is 1. The summed E-state index contributed by atoms with van der Waals surface area (Å²) in [5.41, 5.74) is 2.61. The lowest BCUT2D eigenvalue weighted by Crippen LogP contribution is -2.23. The Bertz CT molecular complexity index is 1250. The van der Waals surface area contributed by atoms with Gasteiger partial charge in [-0.1, -0.05) is 6.08 Å². The first kappa shape index (κ1) is 19.1. The molecule has 0 radical (unpaired) electrons. The number of sulfone groups is 1. The largest absolute Gasteiger partial charge is 0.490 e. The van der Waals surface area contributed by atoms with Crippen LogP contribution in [0.1, 0.15) is 18.4 Å². The van der Waals surface area contributed by atoms with Gasteiger partial charge < -0.3 is 19.4 Å². The Morgan fingerprint density at radius 1 is 1.13 bits per heavy atom. The van der Waals surface area contributed by atoms with Crippen molar-refractivity contribution in [3.8, 4) is 11.5 Å². The van der Waals surface area contributed by atoms with Crippen LogP contribution in [0.25, 0.3) is 16.6 Å². The van der Waals surface area contributed by atoms with E-state index in [1.165, 1.54) is 6.20 Å². The summed E-state index contributed by atoms with van der Waals surface area (Å²) in [6, 6.07) is 6.39. The monoisotopic (exact) mass is 425 g/mol. The fraction of sp³-hybridized carbons (Fsp3) is 0.318. The molecule has 0 fully saturated rings. The molecule has 7 nitrogen and oxygen atoms in total. The standard InChI is InChI=1S/C22H23N3O4S/c1-25-9-6-15(7-10-25)17-14-24-22-21(17)20(5-8-23-22)30(26,27)16-3-4-18-19(13-16)29-12-2-11-28-18/h3-6,8,13-14H,2,7,9-12H2,1H3,(H,23,24). The van der Waals surface area contributed by atoms with Gasteiger partial charge in [-0.3, -0.25) is 0 Å². The van der Waals surface area contributed by atoms with Crippen LogP contribution in [0.5, 0.6) is 11.5 Å². The molecule has 4 heterocycles. The molecule has 8 heteroatoms. The zero-order chi connectivity index (χ0) is 20.7. The van der Waals surface area contributed by atoms with Gasteiger partial charge in [0.15, 0.2) is 11.5 Å². The van der Waals surface area contributed by atoms with Gasteiger partial charge in [0.25, 0.3) is 0 Å². The topological polar surface area (TPSA) is 84.5 Å². The highest BCUT2D eigenvalue weighted by Gasteiger charge is 2.26. The number of likely N-dealkylation sites (N-methyl/N-ethyl adjacent to an activating group) is 1. The number of fused-ring (bicyclic) bond motifs is 2. The fourth-order valence-corrected chi connectivity index (χ4v) is 5.44. The van der Waals surface area contributed by atoms with Gasteiger partial charge in [0.05, 0.1) is 23.0 Å². The number of hydrogen-bond acceptors (Lipinski definition) is 6. The molecule has 3 aromatic rings. The van der Waals surface area contributed by atoms with Crippen LogP contribution >= 0.6 is 0 Å². The summed E-state index contributed by atoms with van der Waals surface area (Å²) in [5.74, 6) is 1.04. The van der Waals surface area contributed by atoms with Gasteiger partial charge in [-0.2, -0.15) is 0 Å². The summed E-state index contributed by atoms with van der Waals surface area (Å²) >= 11 is 0. The Morgan fingerprint density at radius 2 is 1.97 bits per heavy atom. The molecule has 0 saturated heterocycles. The summed E-state index contributed by atoms with van der Waals surface area (Å²) in [7, 11) is -1.71. The number of H-pyrrole nitrogens is 1. The summed E-state index contributed by atoms with van der Waals surface area (Å²) in [6.07, 6.45) is 7.17. The molecule has 0 aliphatic carbocycles. The summed E-state index contributed by atoms with van der Waals surface area (Å²) < 4.78 is 38.6. The van der Waals surface area contributed by atoms with Crippen molar-refractivity contribution in [3.63, 3.8) is 0 Å². The van der Waals surface area contributed by atoms with E-state index in [1.54, 1.807) is 24.3 Å². The van der Waals surface area contributed by atoms with Crippen molar-refractivity contribution in [2.45, 2.75) is 22.6 Å². The molecule has 1 aromatic carbocycles. The van der Waals surface area contributed by atoms with Gasteiger partial charge >= 0.3 is 0 Å². The van der Waals surface area contributed by atoms with Gasteiger partial charge in [0, 0.05) is 48.9 Å². The second kappa shape index (κ2) is 7.45. The second-order valence-electron chi connectivity index (χ2n) is 7.64. The number of ether oxygens (including phenoxy) is 2. The molecule has 1 N–H and O–H groups in total. The molecule has 156 valence electrons. The maximum absolute atomic E-state index is 13.6. The number of hydrogen-bond donors (Lipinski definition) is 1. The lowest BCUT2D eigenvalue weighted by Gasteiger charge is -2.22. The number of aromatic amines is 1. The predicted molar refractivity (Wildman–Crippen MR) is 114 cm³/mol. The van der Waals surface area contributed by atoms with Crippen molar-refractivity contribution in [3.05, 3.63) is 48.3 Å². The van der Waals surface area contributed by atoms with Crippen molar-refractivity contribution in [2.24, 2.45) is 0 Å². The number of nitrogens with zero attached hydrogens (tertiary/aromatic N) is 2. The van der Waals surface area contributed by atoms with Gasteiger partial charge in [-0.05, 0) is 37.2 Å². The van der Waals surface area contributed by atoms with E-state index in [1.807, 2.05) is 6.20 Å². The molecule has 2 aliphatic rings. The van der Waals surface area contributed by atoms with Crippen LogP contribution in [-0.4, -0.2) is 56.6 Å². The zero-order valence-corrected chi connectivity index (χ0v) is 17.5. The number of rotatable bonds is 3. The number of pyridine rings is 1. The zero-order valence-electron chi connectivity index (χ0n) is 16.7. The Morgan fingerprint density at radius 3 is 2.77 bits per heavy atom. The quantitative estimate of drug-likeness (QED) is 0.693. The molecule has 0 saturated carbocycles. The molecule has 0 unspecified atom stereocenters. The Labute approximate surface area is 175 Å². The van der Waals surface area contributed by atoms with E-state index in [2.05, 4.69) is 28.0 Å². The summed E-state index contributed by atoms with van der Waals surface area (Å²) in [5, 5.41) is 0.639. The number of aromatic nitrogens is 2. The molecular formula is C22H23N3O4S. The van der Waals surface area contributed by atoms with Crippen LogP contribution < -0.4 is 9.47 Å². The van der Waals surface area contributed by atoms with Crippen LogP contribution in [0, 0.1) is 0 Å². The van der Waals surface area contributed by atoms with Gasteiger partial charge in [-0.15, -0.1) is 0 Å². The minimum Gasteiger partial charge on any atom is -0.490 e. The Kier molecular flexibility index (Phi) is 4.75. The molecular weight excluding hydrogens is 402 g/mol. The van der Waals surface area contributed by atoms with E-state index >= 15 is 0 Å². The Hall–Kier alpha value is -2.84. The van der Waals surface area contributed by atoms with Crippen LogP contribution in [0.15, 0.2) is 52.5 Å². The van der Waals surface area contributed by atoms with Crippen molar-refractivity contribution in [1.82, 2.24) is 14.9 Å². The molecule has 0 spiro atoms. The molecule has 2 aromatic heterocycles. The van der Waals surface area contributed by atoms with Gasteiger partial charge in [0.1, 0.15) is 5.65 Å². The second-order valence-corrected chi connectivity index (χ2v) is 9.56. The SMILES string of the molecule is CN1CC=C(c2c[nH]c3nccc(S(=O)(=O)c4ccc5c(c4)OCCCO5)c23)CC1. The highest BCUT2D eigenvalue weighted by atomic mass is 32.2. The molecule has 0 atom stereocenters. The fourth-order valence-electron chi connectivity index (χ4n) is 3.96. The van der Waals surface area contributed by atoms with Gasteiger partial charge in [-0.25, -0.2) is 13.4 Å². The van der Waals surface area contributed by atoms with E-state index in [0.717, 1.165) is 37.1 Å². The minimum atomic E-state index is -3.79. The highest BCUT2D eigenvalue weighted by molar-refractivity contribution is 7.91. The van der Waals surface area contributed by atoms with E-state index < -0.39 is 9.84 Å². The summed E-state index contributed by atoms with van der Waals surface area (Å²) in [6.45, 7) is 2.83. The third-order valence-corrected chi connectivity index (χ3v) is 7.41. The lowest BCUT2D eigenvalue weighted by molar-refractivity contribution is 0.297. The first-order valence-corrected chi connectivity index (χ1v) is 11.5. The number of nitrogens with one attached hydrogen (secondary N) is 1. The third kappa shape index (κ3) is 3.26. The maximum atomic E-state index is 13.6. The average molecular weight is 426 g/mol. The van der Waals surface area contributed by atoms with Crippen molar-refractivity contribution in [1.29, 1.82) is 0 Å². The van der Waals surface area contributed by atoms with Crippen LogP contribution in [-0.2, 0) is 9.84 Å². The molecule has 5 rings (SSSR count). The first-order chi connectivity index (χ1) is 14.5. The van der Waals surface area contributed by atoms with E-state index in [4.69, 9.17) is 9.47 Å². The van der Waals surface area contributed by atoms with Crippen molar-refractivity contribution in [2.75, 3.05) is 33.4 Å². The van der Waals surface area contributed by atoms with E-state index in [-0.39, 0.29) is 9.79 Å². The molecule has 30 heavy (non-hydrogen) atoms. The average Bonchev–Trinajstić information content (AvgIpc) is 3.04. The molecule has 0 amide bonds. The minimum absolute atomic E-state index is 0.184. The van der Waals surface area contributed by atoms with Crippen molar-refractivity contribution < 1.29 is 17.9 Å². The summed E-state index contributed by atoms with van der Waals surface area (Å²) in [4.78, 5) is 10.2. The van der Waals surface area contributed by atoms with Crippen LogP contribution in [0.2, 0.25) is 0 Å². The highest BCUT2D eigenvalue weighted by Crippen LogP contribution is 2.37. The predicted octanol–water partition coefficient (Wildman–Crippen LogP) is 3.28. The van der Waals surface area contributed by atoms with Crippen molar-refractivity contribution >= 4 is 26.4 Å². The third-order valence-electron chi connectivity index (χ3n) is 5.61. The van der Waals surface area contributed by atoms with E-state index in [9.17, 15) is 8.42 Å². The van der Waals surface area contributed by atoms with Crippen LogP contribution in [0.4, 0.5) is 0 Å². The normalized spacial score (nSPS) is 17.6. The molecule has 0 bridgehead atoms. The smallest absolute Gasteiger partial charge is 0.207 e. The first-order valence-electron chi connectivity index (χ1n) is 10.0. The lowest BCUT2D eigenvalue weighted by atomic mass is 10.00. The maximum Gasteiger partial charge on any atom is 0.207 e. The molecule has 2 aliphatic heterocycles. The van der Waals surface area contributed by atoms with Crippen LogP contribution in [0.3, 0.4) is 0 Å². The Balaban J connectivity index is 1.64. The van der Waals surface area contributed by atoms with Gasteiger partial charge in [0.2, 0.25) is 9.84 Å².